The van der Waals surface area contributed by atoms with Gasteiger partial charge in [0.15, 0.2) is 9.84 Å². The van der Waals surface area contributed by atoms with Gasteiger partial charge in [-0.1, -0.05) is 20.3 Å². The number of nitrogen functional groups attached to an aromatic ring is 1. The second kappa shape index (κ2) is 6.27. The molecule has 0 unspecified atom stereocenters. The third-order valence-electron chi connectivity index (χ3n) is 3.22. The van der Waals surface area contributed by atoms with Gasteiger partial charge in [0.05, 0.1) is 18.0 Å². The van der Waals surface area contributed by atoms with Crippen molar-refractivity contribution < 1.29 is 8.42 Å². The molecule has 1 aromatic rings. The summed E-state index contributed by atoms with van der Waals surface area (Å²) in [7, 11) is -3.09. The van der Waals surface area contributed by atoms with Crippen molar-refractivity contribution in [3.63, 3.8) is 0 Å². The maximum absolute atomic E-state index is 12.1. The Morgan fingerprint density at radius 3 is 2.26 bits per heavy atom. The van der Waals surface area contributed by atoms with E-state index in [1.165, 1.54) is 4.68 Å². The predicted molar refractivity (Wildman–Crippen MR) is 77.1 cm³/mol. The SMILES string of the molecule is CCCc1c(N)c(=O)n(CCS(=O)(=O)CC)n1CC. The van der Waals surface area contributed by atoms with E-state index >= 15 is 0 Å². The van der Waals surface area contributed by atoms with Crippen molar-refractivity contribution >= 4 is 15.5 Å². The first-order chi connectivity index (χ1) is 8.87. The zero-order valence-electron chi connectivity index (χ0n) is 11.8. The van der Waals surface area contributed by atoms with Crippen molar-refractivity contribution in [1.29, 1.82) is 0 Å². The lowest BCUT2D eigenvalue weighted by Crippen LogP contribution is -2.28. The highest BCUT2D eigenvalue weighted by atomic mass is 32.2. The number of hydrogen-bond acceptors (Lipinski definition) is 4. The maximum Gasteiger partial charge on any atom is 0.290 e. The van der Waals surface area contributed by atoms with E-state index in [4.69, 9.17) is 5.73 Å². The molecule has 0 amide bonds. The minimum absolute atomic E-state index is 0.0293. The smallest absolute Gasteiger partial charge is 0.290 e. The summed E-state index contributed by atoms with van der Waals surface area (Å²) in [6.45, 7) is 6.31. The molecular weight excluding hydrogens is 266 g/mol. The number of nitrogens with two attached hydrogens (primary N) is 1. The van der Waals surface area contributed by atoms with Gasteiger partial charge in [-0.25, -0.2) is 13.1 Å². The summed E-state index contributed by atoms with van der Waals surface area (Å²) in [6.07, 6.45) is 1.61. The van der Waals surface area contributed by atoms with Crippen LogP contribution in [0.1, 0.15) is 32.9 Å². The van der Waals surface area contributed by atoms with E-state index < -0.39 is 9.84 Å². The van der Waals surface area contributed by atoms with Crippen LogP contribution in [0.25, 0.3) is 0 Å². The second-order valence-corrected chi connectivity index (χ2v) is 6.96. The normalized spacial score (nSPS) is 11.9. The monoisotopic (exact) mass is 289 g/mol. The minimum Gasteiger partial charge on any atom is -0.393 e. The molecule has 0 aromatic carbocycles. The number of rotatable bonds is 7. The average molecular weight is 289 g/mol. The average Bonchev–Trinajstić information content (AvgIpc) is 2.61. The van der Waals surface area contributed by atoms with E-state index in [-0.39, 0.29) is 29.3 Å². The molecule has 0 fully saturated rings. The molecule has 0 saturated carbocycles. The summed E-state index contributed by atoms with van der Waals surface area (Å²) in [4.78, 5) is 12.1. The molecule has 0 saturated heterocycles. The minimum atomic E-state index is -3.09. The summed E-state index contributed by atoms with van der Waals surface area (Å²) < 4.78 is 26.3. The van der Waals surface area contributed by atoms with E-state index in [0.29, 0.717) is 6.54 Å². The van der Waals surface area contributed by atoms with Gasteiger partial charge in [0.1, 0.15) is 5.69 Å². The van der Waals surface area contributed by atoms with Crippen LogP contribution in [0.5, 0.6) is 0 Å². The van der Waals surface area contributed by atoms with E-state index in [0.717, 1.165) is 18.5 Å². The molecule has 0 aliphatic carbocycles. The highest BCUT2D eigenvalue weighted by Gasteiger charge is 2.17. The third kappa shape index (κ3) is 3.40. The van der Waals surface area contributed by atoms with Gasteiger partial charge >= 0.3 is 0 Å². The Balaban J connectivity index is 3.14. The van der Waals surface area contributed by atoms with Crippen molar-refractivity contribution in [3.8, 4) is 0 Å². The Morgan fingerprint density at radius 2 is 1.79 bits per heavy atom. The van der Waals surface area contributed by atoms with E-state index in [1.54, 1.807) is 11.6 Å². The topological polar surface area (TPSA) is 87.1 Å². The first-order valence-electron chi connectivity index (χ1n) is 6.66. The van der Waals surface area contributed by atoms with Gasteiger partial charge in [-0.3, -0.25) is 9.48 Å². The fraction of sp³-hybridized carbons (Fsp3) is 0.750. The van der Waals surface area contributed by atoms with Crippen LogP contribution in [0.15, 0.2) is 4.79 Å². The molecule has 7 heteroatoms. The summed E-state index contributed by atoms with van der Waals surface area (Å²) in [5.41, 5.74) is 6.61. The molecule has 0 aliphatic rings. The van der Waals surface area contributed by atoms with Crippen LogP contribution in [0.3, 0.4) is 0 Å². The Hall–Kier alpha value is -1.24. The highest BCUT2D eigenvalue weighted by molar-refractivity contribution is 7.91. The lowest BCUT2D eigenvalue weighted by atomic mass is 10.2. The van der Waals surface area contributed by atoms with Crippen molar-refractivity contribution in [2.75, 3.05) is 17.2 Å². The number of aromatic nitrogens is 2. The predicted octanol–water partition coefficient (Wildman–Crippen LogP) is 0.639. The molecular formula is C12H23N3O3S. The van der Waals surface area contributed by atoms with Crippen LogP contribution >= 0.6 is 0 Å². The van der Waals surface area contributed by atoms with Crippen LogP contribution in [0.4, 0.5) is 5.69 Å². The molecule has 0 atom stereocenters. The lowest BCUT2D eigenvalue weighted by Gasteiger charge is -2.12. The molecule has 1 rings (SSSR count). The molecule has 1 aromatic heterocycles. The Bertz CT molecular complexity index is 584. The molecule has 2 N–H and O–H groups in total. The Morgan fingerprint density at radius 1 is 1.16 bits per heavy atom. The first kappa shape index (κ1) is 15.8. The number of nitrogens with zero attached hydrogens (tertiary/aromatic N) is 2. The second-order valence-electron chi connectivity index (χ2n) is 4.49. The van der Waals surface area contributed by atoms with Crippen LogP contribution in [-0.4, -0.2) is 29.3 Å². The first-order valence-corrected chi connectivity index (χ1v) is 8.48. The lowest BCUT2D eigenvalue weighted by molar-refractivity contribution is 0.458. The number of sulfone groups is 1. The van der Waals surface area contributed by atoms with Crippen LogP contribution in [0.2, 0.25) is 0 Å². The van der Waals surface area contributed by atoms with Gasteiger partial charge in [0.25, 0.3) is 5.56 Å². The van der Waals surface area contributed by atoms with E-state index in [1.807, 2.05) is 13.8 Å². The zero-order chi connectivity index (χ0) is 14.6. The van der Waals surface area contributed by atoms with Crippen molar-refractivity contribution in [3.05, 3.63) is 16.0 Å². The van der Waals surface area contributed by atoms with E-state index in [2.05, 4.69) is 0 Å². The van der Waals surface area contributed by atoms with Crippen molar-refractivity contribution in [1.82, 2.24) is 9.36 Å². The molecule has 19 heavy (non-hydrogen) atoms. The van der Waals surface area contributed by atoms with Crippen LogP contribution in [0, 0.1) is 0 Å². The van der Waals surface area contributed by atoms with E-state index in [9.17, 15) is 13.2 Å². The summed E-state index contributed by atoms with van der Waals surface area (Å²) in [6, 6.07) is 0. The van der Waals surface area contributed by atoms with Gasteiger partial charge in [-0.2, -0.15) is 0 Å². The van der Waals surface area contributed by atoms with Gasteiger partial charge in [0, 0.05) is 12.3 Å². The summed E-state index contributed by atoms with van der Waals surface area (Å²) >= 11 is 0. The molecule has 0 aliphatic heterocycles. The van der Waals surface area contributed by atoms with Crippen molar-refractivity contribution in [2.45, 2.75) is 46.7 Å². The zero-order valence-corrected chi connectivity index (χ0v) is 12.7. The van der Waals surface area contributed by atoms with Gasteiger partial charge in [-0.05, 0) is 13.3 Å². The summed E-state index contributed by atoms with van der Waals surface area (Å²) in [5.74, 6) is 0.0598. The van der Waals surface area contributed by atoms with Gasteiger partial charge in [0.2, 0.25) is 0 Å². The fourth-order valence-electron chi connectivity index (χ4n) is 2.11. The Labute approximate surface area is 114 Å². The largest absolute Gasteiger partial charge is 0.393 e. The molecule has 6 nitrogen and oxygen atoms in total. The van der Waals surface area contributed by atoms with Crippen molar-refractivity contribution in [2.24, 2.45) is 0 Å². The van der Waals surface area contributed by atoms with Gasteiger partial charge < -0.3 is 5.73 Å². The molecule has 110 valence electrons. The molecule has 0 radical (unpaired) electrons. The standard InChI is InChI=1S/C12H23N3O3S/c1-4-7-10-11(13)12(16)15(14(10)5-2)8-9-19(17,18)6-3/h4-9,13H2,1-3H3. The fourth-order valence-corrected chi connectivity index (χ4v) is 2.85. The molecule has 0 bridgehead atoms. The number of anilines is 1. The number of hydrogen-bond donors (Lipinski definition) is 1. The highest BCUT2D eigenvalue weighted by Crippen LogP contribution is 2.11. The van der Waals surface area contributed by atoms with Gasteiger partial charge in [-0.15, -0.1) is 0 Å². The maximum atomic E-state index is 12.1. The molecule has 1 heterocycles. The third-order valence-corrected chi connectivity index (χ3v) is 4.90. The Kier molecular flexibility index (Phi) is 5.22. The molecule has 0 spiro atoms. The van der Waals surface area contributed by atoms with Crippen LogP contribution in [-0.2, 0) is 29.3 Å². The van der Waals surface area contributed by atoms with Crippen LogP contribution < -0.4 is 11.3 Å². The summed E-state index contributed by atoms with van der Waals surface area (Å²) in [5, 5.41) is 0. The quantitative estimate of drug-likeness (QED) is 0.798.